The van der Waals surface area contributed by atoms with Gasteiger partial charge in [0.25, 0.3) is 11.7 Å². The van der Waals surface area contributed by atoms with Gasteiger partial charge in [0.15, 0.2) is 0 Å². The van der Waals surface area contributed by atoms with Crippen LogP contribution in [-0.4, -0.2) is 55.2 Å². The number of rotatable bonds is 11. The van der Waals surface area contributed by atoms with E-state index in [-0.39, 0.29) is 24.5 Å². The van der Waals surface area contributed by atoms with Gasteiger partial charge in [0.05, 0.1) is 31.4 Å². The molecule has 1 atom stereocenters. The Morgan fingerprint density at radius 1 is 1.00 bits per heavy atom. The summed E-state index contributed by atoms with van der Waals surface area (Å²) in [5.74, 6) is -0.303. The normalized spacial score (nSPS) is 17.4. The summed E-state index contributed by atoms with van der Waals surface area (Å²) < 4.78 is 16.4. The van der Waals surface area contributed by atoms with E-state index in [1.165, 1.54) is 12.0 Å². The van der Waals surface area contributed by atoms with Crippen LogP contribution in [0.15, 0.2) is 54.1 Å². The maximum atomic E-state index is 13.0. The van der Waals surface area contributed by atoms with Crippen molar-refractivity contribution in [1.29, 1.82) is 0 Å². The Morgan fingerprint density at radius 2 is 1.76 bits per heavy atom. The molecule has 1 aliphatic heterocycles. The number of hydrogen-bond acceptors (Lipinski definition) is 6. The highest BCUT2D eigenvalue weighted by molar-refractivity contribution is 6.46. The third-order valence-corrected chi connectivity index (χ3v) is 5.46. The third kappa shape index (κ3) is 5.54. The van der Waals surface area contributed by atoms with Crippen molar-refractivity contribution in [3.05, 3.63) is 65.2 Å². The molecule has 2 aromatic rings. The van der Waals surface area contributed by atoms with Gasteiger partial charge in [-0.25, -0.2) is 0 Å². The summed E-state index contributed by atoms with van der Waals surface area (Å²) in [6.07, 6.45) is 1.94. The number of ketones is 1. The van der Waals surface area contributed by atoms with Gasteiger partial charge in [-0.2, -0.15) is 0 Å². The van der Waals surface area contributed by atoms with E-state index in [0.717, 1.165) is 12.8 Å². The average Bonchev–Trinajstić information content (AvgIpc) is 3.08. The largest absolute Gasteiger partial charge is 0.507 e. The number of hydrogen-bond donors (Lipinski definition) is 1. The number of Topliss-reactive ketones (excluding diaryl/α,β-unsaturated/α-hetero) is 1. The van der Waals surface area contributed by atoms with Gasteiger partial charge in [-0.15, -0.1) is 0 Å². The van der Waals surface area contributed by atoms with Gasteiger partial charge in [0.2, 0.25) is 0 Å². The maximum absolute atomic E-state index is 13.0. The Kier molecular flexibility index (Phi) is 8.49. The first-order valence-electron chi connectivity index (χ1n) is 11.2. The van der Waals surface area contributed by atoms with Crippen molar-refractivity contribution >= 4 is 17.4 Å². The minimum Gasteiger partial charge on any atom is -0.507 e. The lowest BCUT2D eigenvalue weighted by molar-refractivity contribution is -0.140. The van der Waals surface area contributed by atoms with Crippen molar-refractivity contribution in [3.8, 4) is 11.5 Å². The molecule has 1 unspecified atom stereocenters. The highest BCUT2D eigenvalue weighted by atomic mass is 16.5. The van der Waals surface area contributed by atoms with Crippen LogP contribution in [0.2, 0.25) is 0 Å². The maximum Gasteiger partial charge on any atom is 0.295 e. The molecule has 1 heterocycles. The highest BCUT2D eigenvalue weighted by Crippen LogP contribution is 2.40. The fraction of sp³-hybridized carbons (Fsp3) is 0.385. The standard InChI is InChI=1S/C26H31NO6/c1-4-6-15-33-21-9-7-8-19(17-21)23-22(25(29)26(30)27(23)14-16-31-3)24(28)18-10-12-20(13-11-18)32-5-2/h7-13,17,23,28H,4-6,14-16H2,1-3H3/b24-22+. The lowest BCUT2D eigenvalue weighted by atomic mass is 9.95. The molecule has 2 aromatic carbocycles. The fourth-order valence-corrected chi connectivity index (χ4v) is 3.79. The summed E-state index contributed by atoms with van der Waals surface area (Å²) in [7, 11) is 1.54. The molecule has 0 spiro atoms. The van der Waals surface area contributed by atoms with Crippen LogP contribution < -0.4 is 9.47 Å². The zero-order chi connectivity index (χ0) is 23.8. The summed E-state index contributed by atoms with van der Waals surface area (Å²) in [4.78, 5) is 27.4. The van der Waals surface area contributed by atoms with Crippen LogP contribution in [0.1, 0.15) is 43.9 Å². The number of aliphatic hydroxyl groups is 1. The molecule has 7 nitrogen and oxygen atoms in total. The molecule has 0 aliphatic carbocycles. The van der Waals surface area contributed by atoms with E-state index in [9.17, 15) is 14.7 Å². The first kappa shape index (κ1) is 24.3. The van der Waals surface area contributed by atoms with Gasteiger partial charge < -0.3 is 24.2 Å². The minimum atomic E-state index is -0.749. The quantitative estimate of drug-likeness (QED) is 0.236. The van der Waals surface area contributed by atoms with E-state index in [2.05, 4.69) is 6.92 Å². The molecule has 1 aliphatic rings. The Bertz CT molecular complexity index is 998. The van der Waals surface area contributed by atoms with Gasteiger partial charge in [-0.3, -0.25) is 9.59 Å². The van der Waals surface area contributed by atoms with E-state index in [1.807, 2.05) is 31.2 Å². The van der Waals surface area contributed by atoms with Crippen LogP contribution in [0.5, 0.6) is 11.5 Å². The Morgan fingerprint density at radius 3 is 2.42 bits per heavy atom. The van der Waals surface area contributed by atoms with E-state index in [0.29, 0.717) is 35.8 Å². The van der Waals surface area contributed by atoms with Crippen molar-refractivity contribution < 1.29 is 28.9 Å². The van der Waals surface area contributed by atoms with Crippen LogP contribution in [0.25, 0.3) is 5.76 Å². The number of carbonyl (C=O) groups is 2. The molecule has 0 saturated carbocycles. The molecule has 1 saturated heterocycles. The number of nitrogens with zero attached hydrogens (tertiary/aromatic N) is 1. The van der Waals surface area contributed by atoms with Crippen LogP contribution in [-0.2, 0) is 14.3 Å². The Labute approximate surface area is 194 Å². The predicted molar refractivity (Wildman–Crippen MR) is 125 cm³/mol. The van der Waals surface area contributed by atoms with Crippen molar-refractivity contribution in [2.24, 2.45) is 0 Å². The molecule has 7 heteroatoms. The van der Waals surface area contributed by atoms with Crippen LogP contribution >= 0.6 is 0 Å². The lowest BCUT2D eigenvalue weighted by Gasteiger charge is -2.25. The molecule has 1 amide bonds. The van der Waals surface area contributed by atoms with Gasteiger partial charge >= 0.3 is 0 Å². The second-order valence-electron chi connectivity index (χ2n) is 7.72. The number of methoxy groups -OCH3 is 1. The van der Waals surface area contributed by atoms with Gasteiger partial charge in [0, 0.05) is 19.2 Å². The molecule has 33 heavy (non-hydrogen) atoms. The van der Waals surface area contributed by atoms with Crippen molar-refractivity contribution in [2.45, 2.75) is 32.7 Å². The second kappa shape index (κ2) is 11.5. The fourth-order valence-electron chi connectivity index (χ4n) is 3.79. The monoisotopic (exact) mass is 453 g/mol. The first-order chi connectivity index (χ1) is 16.0. The molecule has 3 rings (SSSR count). The van der Waals surface area contributed by atoms with Crippen molar-refractivity contribution in [1.82, 2.24) is 4.90 Å². The van der Waals surface area contributed by atoms with Gasteiger partial charge in [-0.05, 0) is 55.3 Å². The zero-order valence-electron chi connectivity index (χ0n) is 19.4. The highest BCUT2D eigenvalue weighted by Gasteiger charge is 2.46. The number of benzene rings is 2. The summed E-state index contributed by atoms with van der Waals surface area (Å²) in [6, 6.07) is 13.3. The predicted octanol–water partition coefficient (Wildman–Crippen LogP) is 4.33. The summed E-state index contributed by atoms with van der Waals surface area (Å²) in [6.45, 7) is 5.55. The number of aliphatic hydroxyl groups excluding tert-OH is 1. The SMILES string of the molecule is CCCCOc1cccc(C2/C(=C(\O)c3ccc(OCC)cc3)C(=O)C(=O)N2CCOC)c1. The number of carbonyl (C=O) groups excluding carboxylic acids is 2. The summed E-state index contributed by atoms with van der Waals surface area (Å²) in [5.41, 5.74) is 1.17. The molecule has 0 radical (unpaired) electrons. The number of likely N-dealkylation sites (tertiary alicyclic amines) is 1. The molecule has 1 N–H and O–H groups in total. The van der Waals surface area contributed by atoms with E-state index in [1.54, 1.807) is 24.3 Å². The topological polar surface area (TPSA) is 85.3 Å². The van der Waals surface area contributed by atoms with E-state index in [4.69, 9.17) is 14.2 Å². The Balaban J connectivity index is 2.05. The first-order valence-corrected chi connectivity index (χ1v) is 11.2. The van der Waals surface area contributed by atoms with Crippen LogP contribution in [0.3, 0.4) is 0 Å². The molecule has 176 valence electrons. The second-order valence-corrected chi connectivity index (χ2v) is 7.72. The molecular weight excluding hydrogens is 422 g/mol. The molecule has 0 bridgehead atoms. The molecular formula is C26H31NO6. The van der Waals surface area contributed by atoms with Crippen molar-refractivity contribution in [2.75, 3.05) is 33.5 Å². The van der Waals surface area contributed by atoms with E-state index < -0.39 is 17.7 Å². The minimum absolute atomic E-state index is 0.0472. The summed E-state index contributed by atoms with van der Waals surface area (Å²) >= 11 is 0. The molecule has 1 fully saturated rings. The zero-order valence-corrected chi connectivity index (χ0v) is 19.4. The lowest BCUT2D eigenvalue weighted by Crippen LogP contribution is -2.32. The van der Waals surface area contributed by atoms with Crippen LogP contribution in [0, 0.1) is 0 Å². The van der Waals surface area contributed by atoms with Crippen LogP contribution in [0.4, 0.5) is 0 Å². The smallest absolute Gasteiger partial charge is 0.295 e. The van der Waals surface area contributed by atoms with E-state index >= 15 is 0 Å². The van der Waals surface area contributed by atoms with Gasteiger partial charge in [0.1, 0.15) is 17.3 Å². The molecule has 0 aromatic heterocycles. The summed E-state index contributed by atoms with van der Waals surface area (Å²) in [5, 5.41) is 11.1. The van der Waals surface area contributed by atoms with Crippen molar-refractivity contribution in [3.63, 3.8) is 0 Å². The average molecular weight is 454 g/mol. The number of unbranched alkanes of at least 4 members (excludes halogenated alkanes) is 1. The number of amides is 1. The number of ether oxygens (including phenoxy) is 3. The Hall–Kier alpha value is -3.32. The third-order valence-electron chi connectivity index (χ3n) is 5.46. The van der Waals surface area contributed by atoms with Gasteiger partial charge in [-0.1, -0.05) is 25.5 Å².